The van der Waals surface area contributed by atoms with Crippen LogP contribution in [0.2, 0.25) is 0 Å². The van der Waals surface area contributed by atoms with Crippen LogP contribution in [0.5, 0.6) is 11.5 Å². The average molecular weight is 280 g/mol. The van der Waals surface area contributed by atoms with E-state index in [0.29, 0.717) is 24.5 Å². The zero-order valence-corrected chi connectivity index (χ0v) is 12.6. The topological polar surface area (TPSA) is 73.6 Å². The molecule has 0 spiro atoms. The highest BCUT2D eigenvalue weighted by molar-refractivity contribution is 5.78. The summed E-state index contributed by atoms with van der Waals surface area (Å²) in [6, 6.07) is 5.53. The van der Waals surface area contributed by atoms with Gasteiger partial charge in [0, 0.05) is 5.92 Å². The van der Waals surface area contributed by atoms with Crippen LogP contribution in [0.25, 0.3) is 0 Å². The Morgan fingerprint density at radius 3 is 2.45 bits per heavy atom. The highest BCUT2D eigenvalue weighted by Gasteiger charge is 2.16. The third-order valence-corrected chi connectivity index (χ3v) is 3.31. The second-order valence-electron chi connectivity index (χ2n) is 4.82. The van der Waals surface area contributed by atoms with Crippen molar-refractivity contribution >= 4 is 5.91 Å². The Morgan fingerprint density at radius 1 is 1.25 bits per heavy atom. The normalized spacial score (nSPS) is 13.4. The number of benzene rings is 1. The lowest BCUT2D eigenvalue weighted by molar-refractivity contribution is -0.125. The summed E-state index contributed by atoms with van der Waals surface area (Å²) in [6.45, 7) is 4.33. The first-order valence-corrected chi connectivity index (χ1v) is 6.75. The molecule has 0 aromatic heterocycles. The van der Waals surface area contributed by atoms with Gasteiger partial charge in [-0.15, -0.1) is 0 Å². The molecular formula is C15H24N2O3. The minimum atomic E-state index is -0.0949. The molecule has 0 aliphatic heterocycles. The molecule has 1 aromatic rings. The molecule has 20 heavy (non-hydrogen) atoms. The summed E-state index contributed by atoms with van der Waals surface area (Å²) in [4.78, 5) is 12.0. The van der Waals surface area contributed by atoms with Gasteiger partial charge in [-0.2, -0.15) is 0 Å². The van der Waals surface area contributed by atoms with E-state index in [0.717, 1.165) is 5.56 Å². The highest BCUT2D eigenvalue weighted by atomic mass is 16.5. The molecule has 2 unspecified atom stereocenters. The molecule has 3 N–H and O–H groups in total. The van der Waals surface area contributed by atoms with Crippen molar-refractivity contribution in [3.8, 4) is 11.5 Å². The van der Waals surface area contributed by atoms with Gasteiger partial charge < -0.3 is 20.5 Å². The van der Waals surface area contributed by atoms with E-state index in [-0.39, 0.29) is 17.9 Å². The van der Waals surface area contributed by atoms with Crippen molar-refractivity contribution < 1.29 is 14.3 Å². The molecule has 0 saturated heterocycles. The molecule has 1 aromatic carbocycles. The first-order chi connectivity index (χ1) is 9.53. The van der Waals surface area contributed by atoms with Gasteiger partial charge >= 0.3 is 0 Å². The number of hydrogen-bond acceptors (Lipinski definition) is 4. The van der Waals surface area contributed by atoms with Crippen LogP contribution in [0.3, 0.4) is 0 Å². The zero-order valence-electron chi connectivity index (χ0n) is 12.6. The molecule has 0 saturated carbocycles. The lowest BCUT2D eigenvalue weighted by atomic mass is 10.0. The number of carbonyl (C=O) groups is 1. The monoisotopic (exact) mass is 280 g/mol. The average Bonchev–Trinajstić information content (AvgIpc) is 2.46. The molecule has 1 rings (SSSR count). The maximum absolute atomic E-state index is 12.0. The number of nitrogens with one attached hydrogen (secondary N) is 1. The van der Waals surface area contributed by atoms with Crippen LogP contribution < -0.4 is 20.5 Å². The van der Waals surface area contributed by atoms with Crippen LogP contribution >= 0.6 is 0 Å². The summed E-state index contributed by atoms with van der Waals surface area (Å²) in [5.41, 5.74) is 6.44. The number of hydrogen-bond donors (Lipinski definition) is 2. The fourth-order valence-corrected chi connectivity index (χ4v) is 1.94. The van der Waals surface area contributed by atoms with E-state index in [4.69, 9.17) is 15.2 Å². The second kappa shape index (κ2) is 7.75. The van der Waals surface area contributed by atoms with E-state index in [1.54, 1.807) is 14.2 Å². The Hall–Kier alpha value is -1.75. The Balaban J connectivity index is 2.77. The standard InChI is InChI=1S/C15H24N2O3/c1-10(7-8-16)15(18)17-11(2)12-5-6-13(19-3)14(9-12)20-4/h5-6,9-11H,7-8,16H2,1-4H3,(H,17,18). The number of carbonyl (C=O) groups excluding carboxylic acids is 1. The van der Waals surface area contributed by atoms with E-state index < -0.39 is 0 Å². The summed E-state index contributed by atoms with van der Waals surface area (Å²) in [5, 5.41) is 2.98. The van der Waals surface area contributed by atoms with Gasteiger partial charge in [-0.1, -0.05) is 13.0 Å². The number of methoxy groups -OCH3 is 2. The lowest BCUT2D eigenvalue weighted by Gasteiger charge is -2.19. The van der Waals surface area contributed by atoms with Gasteiger partial charge in [0.15, 0.2) is 11.5 Å². The summed E-state index contributed by atoms with van der Waals surface area (Å²) < 4.78 is 10.5. The molecule has 112 valence electrons. The summed E-state index contributed by atoms with van der Waals surface area (Å²) in [7, 11) is 3.19. The van der Waals surface area contributed by atoms with Crippen LogP contribution in [0.15, 0.2) is 18.2 Å². The molecule has 1 amide bonds. The minimum absolute atomic E-state index is 0.0118. The van der Waals surface area contributed by atoms with Crippen molar-refractivity contribution in [2.75, 3.05) is 20.8 Å². The first-order valence-electron chi connectivity index (χ1n) is 6.75. The van der Waals surface area contributed by atoms with Gasteiger partial charge in [0.1, 0.15) is 0 Å². The molecule has 0 aliphatic carbocycles. The molecule has 5 nitrogen and oxygen atoms in total. The number of nitrogens with two attached hydrogens (primary N) is 1. The Labute approximate surface area is 120 Å². The fraction of sp³-hybridized carbons (Fsp3) is 0.533. The van der Waals surface area contributed by atoms with Gasteiger partial charge in [-0.25, -0.2) is 0 Å². The van der Waals surface area contributed by atoms with Crippen molar-refractivity contribution in [3.05, 3.63) is 23.8 Å². The molecule has 0 radical (unpaired) electrons. The number of ether oxygens (including phenoxy) is 2. The molecule has 0 aliphatic rings. The van der Waals surface area contributed by atoms with Gasteiger partial charge in [0.2, 0.25) is 5.91 Å². The van der Waals surface area contributed by atoms with Crippen molar-refractivity contribution in [1.29, 1.82) is 0 Å². The SMILES string of the molecule is COc1ccc(C(C)NC(=O)C(C)CCN)cc1OC. The fourth-order valence-electron chi connectivity index (χ4n) is 1.94. The van der Waals surface area contributed by atoms with E-state index in [2.05, 4.69) is 5.32 Å². The molecule has 5 heteroatoms. The van der Waals surface area contributed by atoms with Crippen molar-refractivity contribution in [3.63, 3.8) is 0 Å². The lowest BCUT2D eigenvalue weighted by Crippen LogP contribution is -2.32. The van der Waals surface area contributed by atoms with Gasteiger partial charge in [-0.3, -0.25) is 4.79 Å². The second-order valence-corrected chi connectivity index (χ2v) is 4.82. The minimum Gasteiger partial charge on any atom is -0.493 e. The summed E-state index contributed by atoms with van der Waals surface area (Å²) in [6.07, 6.45) is 0.685. The molecule has 0 bridgehead atoms. The third kappa shape index (κ3) is 4.13. The quantitative estimate of drug-likeness (QED) is 0.799. The van der Waals surface area contributed by atoms with Crippen molar-refractivity contribution in [2.24, 2.45) is 11.7 Å². The first kappa shape index (κ1) is 16.3. The Kier molecular flexibility index (Phi) is 6.31. The number of amides is 1. The maximum Gasteiger partial charge on any atom is 0.223 e. The van der Waals surface area contributed by atoms with Crippen LogP contribution in [0.1, 0.15) is 31.9 Å². The predicted octanol–water partition coefficient (Wildman–Crippen LogP) is 1.87. The third-order valence-electron chi connectivity index (χ3n) is 3.31. The largest absolute Gasteiger partial charge is 0.493 e. The van der Waals surface area contributed by atoms with E-state index in [1.807, 2.05) is 32.0 Å². The van der Waals surface area contributed by atoms with E-state index in [1.165, 1.54) is 0 Å². The van der Waals surface area contributed by atoms with E-state index >= 15 is 0 Å². The molecule has 2 atom stereocenters. The van der Waals surface area contributed by atoms with Crippen LogP contribution in [-0.4, -0.2) is 26.7 Å². The smallest absolute Gasteiger partial charge is 0.223 e. The van der Waals surface area contributed by atoms with Crippen LogP contribution in [-0.2, 0) is 4.79 Å². The van der Waals surface area contributed by atoms with Crippen molar-refractivity contribution in [1.82, 2.24) is 5.32 Å². The van der Waals surface area contributed by atoms with Gasteiger partial charge in [-0.05, 0) is 37.6 Å². The molecule has 0 fully saturated rings. The summed E-state index contributed by atoms with van der Waals surface area (Å²) in [5.74, 6) is 1.26. The molecule has 0 heterocycles. The zero-order chi connectivity index (χ0) is 15.1. The van der Waals surface area contributed by atoms with Crippen LogP contribution in [0.4, 0.5) is 0 Å². The summed E-state index contributed by atoms with van der Waals surface area (Å²) >= 11 is 0. The Morgan fingerprint density at radius 2 is 1.90 bits per heavy atom. The maximum atomic E-state index is 12.0. The highest BCUT2D eigenvalue weighted by Crippen LogP contribution is 2.29. The Bertz CT molecular complexity index is 449. The van der Waals surface area contributed by atoms with E-state index in [9.17, 15) is 4.79 Å². The van der Waals surface area contributed by atoms with Gasteiger partial charge in [0.05, 0.1) is 20.3 Å². The van der Waals surface area contributed by atoms with Gasteiger partial charge in [0.25, 0.3) is 0 Å². The number of rotatable bonds is 7. The van der Waals surface area contributed by atoms with Crippen molar-refractivity contribution in [2.45, 2.75) is 26.3 Å². The van der Waals surface area contributed by atoms with Crippen LogP contribution in [0, 0.1) is 5.92 Å². The molecular weight excluding hydrogens is 256 g/mol. The predicted molar refractivity (Wildman–Crippen MR) is 78.9 cm³/mol.